The molecule has 1 aromatic rings. The molecule has 0 N–H and O–H groups in total. The van der Waals surface area contributed by atoms with Crippen molar-refractivity contribution >= 4 is 27.5 Å². The van der Waals surface area contributed by atoms with Crippen LogP contribution in [-0.4, -0.2) is 0 Å². The maximum absolute atomic E-state index is 6.01. The minimum Gasteiger partial charge on any atom is -0.0840 e. The van der Waals surface area contributed by atoms with Crippen molar-refractivity contribution in [3.63, 3.8) is 0 Å². The molecule has 0 heterocycles. The quantitative estimate of drug-likeness (QED) is 0.686. The van der Waals surface area contributed by atoms with Crippen LogP contribution < -0.4 is 0 Å². The summed E-state index contributed by atoms with van der Waals surface area (Å²) in [6.45, 7) is 0. The number of benzene rings is 1. The minimum atomic E-state index is 0.736. The molecule has 58 valence electrons. The Kier molecular flexibility index (Phi) is 1.94. The van der Waals surface area contributed by atoms with E-state index in [2.05, 4.69) is 22.0 Å². The van der Waals surface area contributed by atoms with Crippen molar-refractivity contribution in [2.24, 2.45) is 0 Å². The predicted molar refractivity (Wildman–Crippen MR) is 51.1 cm³/mol. The molecule has 0 radical (unpaired) electrons. The van der Waals surface area contributed by atoms with Crippen LogP contribution in [0.3, 0.4) is 0 Å². The molecular formula is C9H8BrCl. The first-order valence-electron chi connectivity index (χ1n) is 3.72. The molecule has 2 heteroatoms. The largest absolute Gasteiger partial charge is 0.0840 e. The second kappa shape index (κ2) is 2.80. The number of rotatable bonds is 1. The molecule has 0 saturated heterocycles. The number of hydrogen-bond donors (Lipinski definition) is 0. The first-order valence-corrected chi connectivity index (χ1v) is 4.89. The summed E-state index contributed by atoms with van der Waals surface area (Å²) >= 11 is 9.44. The summed E-state index contributed by atoms with van der Waals surface area (Å²) in [5.41, 5.74) is 1.31. The van der Waals surface area contributed by atoms with E-state index in [1.54, 1.807) is 0 Å². The fraction of sp³-hybridized carbons (Fsp3) is 0.333. The van der Waals surface area contributed by atoms with E-state index in [0.29, 0.717) is 0 Å². The van der Waals surface area contributed by atoms with E-state index < -0.39 is 0 Å². The van der Waals surface area contributed by atoms with E-state index in [-0.39, 0.29) is 0 Å². The highest BCUT2D eigenvalue weighted by molar-refractivity contribution is 9.10. The lowest BCUT2D eigenvalue weighted by Gasteiger charge is -2.01. The van der Waals surface area contributed by atoms with Gasteiger partial charge in [0.2, 0.25) is 0 Å². The second-order valence-corrected chi connectivity index (χ2v) is 4.26. The van der Waals surface area contributed by atoms with Crippen molar-refractivity contribution in [1.82, 2.24) is 0 Å². The molecule has 11 heavy (non-hydrogen) atoms. The third-order valence-corrected chi connectivity index (χ3v) is 2.81. The fourth-order valence-corrected chi connectivity index (χ4v) is 1.87. The van der Waals surface area contributed by atoms with Crippen LogP contribution in [0.15, 0.2) is 22.7 Å². The van der Waals surface area contributed by atoms with E-state index in [4.69, 9.17) is 11.6 Å². The Morgan fingerprint density at radius 3 is 2.73 bits per heavy atom. The van der Waals surface area contributed by atoms with Crippen molar-refractivity contribution < 1.29 is 0 Å². The predicted octanol–water partition coefficient (Wildman–Crippen LogP) is 3.98. The molecule has 1 fully saturated rings. The van der Waals surface area contributed by atoms with Crippen molar-refractivity contribution in [2.75, 3.05) is 0 Å². The van der Waals surface area contributed by atoms with Crippen LogP contribution in [0, 0.1) is 0 Å². The molecule has 0 bridgehead atoms. The van der Waals surface area contributed by atoms with E-state index >= 15 is 0 Å². The topological polar surface area (TPSA) is 0 Å². The van der Waals surface area contributed by atoms with Gasteiger partial charge in [-0.15, -0.1) is 0 Å². The third-order valence-electron chi connectivity index (χ3n) is 1.98. The first-order chi connectivity index (χ1) is 5.27. The summed E-state index contributed by atoms with van der Waals surface area (Å²) in [4.78, 5) is 0. The molecular weight excluding hydrogens is 223 g/mol. The van der Waals surface area contributed by atoms with Gasteiger partial charge in [0.15, 0.2) is 0 Å². The standard InChI is InChI=1S/C9H8BrCl/c10-7-3-4-9(11)8(5-7)6-1-2-6/h3-6H,1-2H2. The van der Waals surface area contributed by atoms with Gasteiger partial charge in [0.25, 0.3) is 0 Å². The van der Waals surface area contributed by atoms with Crippen molar-refractivity contribution in [2.45, 2.75) is 18.8 Å². The molecule has 1 saturated carbocycles. The van der Waals surface area contributed by atoms with E-state index in [9.17, 15) is 0 Å². The van der Waals surface area contributed by atoms with Crippen molar-refractivity contribution in [3.05, 3.63) is 33.3 Å². The average Bonchev–Trinajstić information content (AvgIpc) is 2.76. The van der Waals surface area contributed by atoms with E-state index in [1.165, 1.54) is 18.4 Å². The highest BCUT2D eigenvalue weighted by Gasteiger charge is 2.25. The Morgan fingerprint density at radius 1 is 1.36 bits per heavy atom. The first kappa shape index (κ1) is 7.63. The zero-order chi connectivity index (χ0) is 7.84. The Bertz CT molecular complexity index is 279. The summed E-state index contributed by atoms with van der Waals surface area (Å²) in [6, 6.07) is 6.06. The normalized spacial score (nSPS) is 16.9. The molecule has 0 atom stereocenters. The SMILES string of the molecule is Clc1ccc(Br)cc1C1CC1. The molecule has 0 spiro atoms. The Balaban J connectivity index is 2.42. The molecule has 0 unspecified atom stereocenters. The molecule has 1 aromatic carbocycles. The zero-order valence-electron chi connectivity index (χ0n) is 5.98. The lowest BCUT2D eigenvalue weighted by atomic mass is 10.1. The fourth-order valence-electron chi connectivity index (χ4n) is 1.22. The van der Waals surface area contributed by atoms with Gasteiger partial charge >= 0.3 is 0 Å². The third kappa shape index (κ3) is 1.60. The van der Waals surface area contributed by atoms with E-state index in [0.717, 1.165) is 15.4 Å². The lowest BCUT2D eigenvalue weighted by molar-refractivity contribution is 1.13. The molecule has 2 rings (SSSR count). The van der Waals surface area contributed by atoms with Gasteiger partial charge in [0, 0.05) is 9.50 Å². The van der Waals surface area contributed by atoms with Crippen LogP contribution in [-0.2, 0) is 0 Å². The highest BCUT2D eigenvalue weighted by atomic mass is 79.9. The number of hydrogen-bond acceptors (Lipinski definition) is 0. The Labute approximate surface area is 79.7 Å². The molecule has 0 nitrogen and oxygen atoms in total. The van der Waals surface area contributed by atoms with Gasteiger partial charge < -0.3 is 0 Å². The van der Waals surface area contributed by atoms with Gasteiger partial charge in [-0.2, -0.15) is 0 Å². The lowest BCUT2D eigenvalue weighted by Crippen LogP contribution is -1.80. The van der Waals surface area contributed by atoms with Gasteiger partial charge in [-0.3, -0.25) is 0 Å². The Hall–Kier alpha value is -0.0100. The van der Waals surface area contributed by atoms with Gasteiger partial charge in [0.1, 0.15) is 0 Å². The van der Waals surface area contributed by atoms with Crippen molar-refractivity contribution in [1.29, 1.82) is 0 Å². The molecule has 0 aliphatic heterocycles. The summed E-state index contributed by atoms with van der Waals surface area (Å²) in [5.74, 6) is 0.736. The van der Waals surface area contributed by atoms with Crippen LogP contribution in [0.4, 0.5) is 0 Å². The zero-order valence-corrected chi connectivity index (χ0v) is 8.32. The summed E-state index contributed by atoms with van der Waals surface area (Å²) in [6.07, 6.45) is 2.60. The summed E-state index contributed by atoms with van der Waals surface area (Å²) in [7, 11) is 0. The van der Waals surface area contributed by atoms with Crippen LogP contribution in [0.25, 0.3) is 0 Å². The van der Waals surface area contributed by atoms with Gasteiger partial charge in [-0.05, 0) is 42.5 Å². The van der Waals surface area contributed by atoms with E-state index in [1.807, 2.05) is 12.1 Å². The second-order valence-electron chi connectivity index (χ2n) is 2.94. The van der Waals surface area contributed by atoms with Gasteiger partial charge in [0.05, 0.1) is 0 Å². The molecule has 0 aromatic heterocycles. The number of halogens is 2. The Morgan fingerprint density at radius 2 is 2.09 bits per heavy atom. The van der Waals surface area contributed by atoms with Gasteiger partial charge in [-0.25, -0.2) is 0 Å². The van der Waals surface area contributed by atoms with Crippen LogP contribution >= 0.6 is 27.5 Å². The smallest absolute Gasteiger partial charge is 0.0441 e. The molecule has 1 aliphatic carbocycles. The summed E-state index contributed by atoms with van der Waals surface area (Å²) in [5, 5.41) is 0.913. The van der Waals surface area contributed by atoms with Crippen LogP contribution in [0.5, 0.6) is 0 Å². The minimum absolute atomic E-state index is 0.736. The maximum Gasteiger partial charge on any atom is 0.0441 e. The monoisotopic (exact) mass is 230 g/mol. The van der Waals surface area contributed by atoms with Crippen molar-refractivity contribution in [3.8, 4) is 0 Å². The highest BCUT2D eigenvalue weighted by Crippen LogP contribution is 2.43. The molecule has 1 aliphatic rings. The maximum atomic E-state index is 6.01. The van der Waals surface area contributed by atoms with Crippen LogP contribution in [0.2, 0.25) is 5.02 Å². The average molecular weight is 232 g/mol. The van der Waals surface area contributed by atoms with Crippen LogP contribution in [0.1, 0.15) is 24.3 Å². The van der Waals surface area contributed by atoms with Gasteiger partial charge in [-0.1, -0.05) is 27.5 Å². The summed E-state index contributed by atoms with van der Waals surface area (Å²) < 4.78 is 1.13. The molecule has 0 amide bonds.